The van der Waals surface area contributed by atoms with Gasteiger partial charge in [0.25, 0.3) is 0 Å². The predicted molar refractivity (Wildman–Crippen MR) is 101 cm³/mol. The van der Waals surface area contributed by atoms with E-state index in [0.29, 0.717) is 19.8 Å². The van der Waals surface area contributed by atoms with Gasteiger partial charge in [0.05, 0.1) is 24.1 Å². The van der Waals surface area contributed by atoms with Gasteiger partial charge < -0.3 is 4.74 Å². The second kappa shape index (κ2) is 8.25. The monoisotopic (exact) mass is 380 g/mol. The molecule has 25 heavy (non-hydrogen) atoms. The first-order valence-electron chi connectivity index (χ1n) is 8.74. The number of carbonyl (C=O) groups is 1. The molecule has 6 nitrogen and oxygen atoms in total. The zero-order valence-corrected chi connectivity index (χ0v) is 16.3. The van der Waals surface area contributed by atoms with Crippen LogP contribution >= 0.6 is 23.6 Å². The first-order valence-corrected chi connectivity index (χ1v) is 10.0. The van der Waals surface area contributed by atoms with Crippen LogP contribution in [0.3, 0.4) is 0 Å². The summed E-state index contributed by atoms with van der Waals surface area (Å²) in [6.07, 6.45) is 1.88. The summed E-state index contributed by atoms with van der Waals surface area (Å²) in [5, 5.41) is 6.80. The van der Waals surface area contributed by atoms with Crippen LogP contribution < -0.4 is 0 Å². The average Bonchev–Trinajstić information content (AvgIpc) is 3.24. The van der Waals surface area contributed by atoms with Crippen LogP contribution in [0.5, 0.6) is 0 Å². The van der Waals surface area contributed by atoms with Crippen LogP contribution in [0, 0.1) is 10.7 Å². The molecule has 0 spiro atoms. The number of hydrogen-bond donors (Lipinski definition) is 0. The van der Waals surface area contributed by atoms with Gasteiger partial charge in [0.1, 0.15) is 0 Å². The van der Waals surface area contributed by atoms with E-state index in [1.807, 2.05) is 23.1 Å². The first-order chi connectivity index (χ1) is 12.1. The molecule has 0 bridgehead atoms. The van der Waals surface area contributed by atoms with Crippen LogP contribution in [0.25, 0.3) is 10.7 Å². The Bertz CT molecular complexity index is 766. The second-order valence-corrected chi connectivity index (χ2v) is 7.45. The van der Waals surface area contributed by atoms with Gasteiger partial charge in [-0.2, -0.15) is 0 Å². The summed E-state index contributed by atoms with van der Waals surface area (Å²) >= 11 is 7.29. The maximum Gasteiger partial charge on any atom is 0.310 e. The molecule has 0 saturated carbocycles. The quantitative estimate of drug-likeness (QED) is 0.568. The van der Waals surface area contributed by atoms with Crippen molar-refractivity contribution in [2.45, 2.75) is 39.9 Å². The van der Waals surface area contributed by atoms with Crippen molar-refractivity contribution in [1.82, 2.24) is 19.2 Å². The Morgan fingerprint density at radius 1 is 1.48 bits per heavy atom. The molecule has 1 saturated heterocycles. The molecule has 3 rings (SSSR count). The molecule has 1 fully saturated rings. The lowest BCUT2D eigenvalue weighted by molar-refractivity contribution is -0.150. The van der Waals surface area contributed by atoms with Gasteiger partial charge in [0.15, 0.2) is 10.6 Å². The predicted octanol–water partition coefficient (Wildman–Crippen LogP) is 3.40. The van der Waals surface area contributed by atoms with Crippen molar-refractivity contribution in [3.63, 3.8) is 0 Å². The molecule has 8 heteroatoms. The normalized spacial score (nSPS) is 18.4. The molecule has 136 valence electrons. The topological polar surface area (TPSA) is 52.3 Å². The largest absolute Gasteiger partial charge is 0.466 e. The minimum atomic E-state index is -0.0887. The smallest absolute Gasteiger partial charge is 0.310 e. The van der Waals surface area contributed by atoms with Crippen LogP contribution in [-0.4, -0.2) is 44.9 Å². The minimum Gasteiger partial charge on any atom is -0.466 e. The molecule has 0 aromatic carbocycles. The Kier molecular flexibility index (Phi) is 6.03. The van der Waals surface area contributed by atoms with E-state index in [9.17, 15) is 4.79 Å². The number of hydrogen-bond acceptors (Lipinski definition) is 6. The molecule has 2 aromatic rings. The molecule has 0 aliphatic carbocycles. The second-order valence-electron chi connectivity index (χ2n) is 6.14. The highest BCUT2D eigenvalue weighted by atomic mass is 32.1. The standard InChI is InChI=1S/C17H24N4O2S2/c1-3-20-15(14-8-6-10-25-14)18-21(17(20)24)12-19-9-5-7-13(11-19)16(22)23-4-2/h6,8,10,13H,3-5,7,9,11-12H2,1-2H3/t13-/m0/s1. The Hall–Kier alpha value is -1.51. The maximum atomic E-state index is 12.0. The summed E-state index contributed by atoms with van der Waals surface area (Å²) < 4.78 is 9.85. The summed E-state index contributed by atoms with van der Waals surface area (Å²) in [4.78, 5) is 15.4. The van der Waals surface area contributed by atoms with E-state index in [1.165, 1.54) is 0 Å². The molecular weight excluding hydrogens is 356 g/mol. The fourth-order valence-electron chi connectivity index (χ4n) is 3.23. The summed E-state index contributed by atoms with van der Waals surface area (Å²) in [5.41, 5.74) is 0. The average molecular weight is 381 g/mol. The van der Waals surface area contributed by atoms with Crippen LogP contribution in [0.2, 0.25) is 0 Å². The number of nitrogens with zero attached hydrogens (tertiary/aromatic N) is 4. The van der Waals surface area contributed by atoms with Crippen molar-refractivity contribution in [3.8, 4) is 10.7 Å². The van der Waals surface area contributed by atoms with Crippen molar-refractivity contribution in [2.24, 2.45) is 5.92 Å². The van der Waals surface area contributed by atoms with Crippen molar-refractivity contribution >= 4 is 29.5 Å². The van der Waals surface area contributed by atoms with Gasteiger partial charge in [-0.25, -0.2) is 4.68 Å². The van der Waals surface area contributed by atoms with Gasteiger partial charge in [0.2, 0.25) is 0 Å². The summed E-state index contributed by atoms with van der Waals surface area (Å²) in [6, 6.07) is 4.09. The van der Waals surface area contributed by atoms with Gasteiger partial charge in [-0.3, -0.25) is 14.3 Å². The molecule has 0 N–H and O–H groups in total. The zero-order chi connectivity index (χ0) is 17.8. The van der Waals surface area contributed by atoms with E-state index < -0.39 is 0 Å². The van der Waals surface area contributed by atoms with E-state index in [4.69, 9.17) is 22.1 Å². The third kappa shape index (κ3) is 4.02. The van der Waals surface area contributed by atoms with Crippen LogP contribution in [-0.2, 0) is 22.7 Å². The van der Waals surface area contributed by atoms with Crippen molar-refractivity contribution in [2.75, 3.05) is 19.7 Å². The lowest BCUT2D eigenvalue weighted by Crippen LogP contribution is -2.40. The summed E-state index contributed by atoms with van der Waals surface area (Å²) in [5.74, 6) is 0.781. The fourth-order valence-corrected chi connectivity index (χ4v) is 4.26. The molecule has 1 aliphatic heterocycles. The van der Waals surface area contributed by atoms with Crippen molar-refractivity contribution in [3.05, 3.63) is 22.3 Å². The molecule has 2 aromatic heterocycles. The molecule has 3 heterocycles. The zero-order valence-electron chi connectivity index (χ0n) is 14.7. The highest BCUT2D eigenvalue weighted by Gasteiger charge is 2.27. The highest BCUT2D eigenvalue weighted by Crippen LogP contribution is 2.24. The van der Waals surface area contributed by atoms with E-state index in [1.54, 1.807) is 11.3 Å². The Labute approximate surface area is 157 Å². The number of thiophene rings is 1. The number of aromatic nitrogens is 3. The van der Waals surface area contributed by atoms with Gasteiger partial charge >= 0.3 is 5.97 Å². The lowest BCUT2D eigenvalue weighted by atomic mass is 9.99. The van der Waals surface area contributed by atoms with Crippen LogP contribution in [0.15, 0.2) is 17.5 Å². The Balaban J connectivity index is 1.77. The highest BCUT2D eigenvalue weighted by molar-refractivity contribution is 7.71. The van der Waals surface area contributed by atoms with E-state index in [0.717, 1.165) is 41.4 Å². The molecule has 0 unspecified atom stereocenters. The first kappa shape index (κ1) is 18.3. The molecule has 0 radical (unpaired) electrons. The van der Waals surface area contributed by atoms with Gasteiger partial charge in [0, 0.05) is 13.1 Å². The van der Waals surface area contributed by atoms with E-state index >= 15 is 0 Å². The van der Waals surface area contributed by atoms with Crippen LogP contribution in [0.1, 0.15) is 26.7 Å². The molecular formula is C17H24N4O2S2. The van der Waals surface area contributed by atoms with Gasteiger partial charge in [-0.15, -0.1) is 16.4 Å². The lowest BCUT2D eigenvalue weighted by Gasteiger charge is -2.31. The number of rotatable bonds is 6. The molecule has 1 aliphatic rings. The number of likely N-dealkylation sites (tertiary alicyclic amines) is 1. The Morgan fingerprint density at radius 2 is 2.32 bits per heavy atom. The SMILES string of the molecule is CCOC(=O)[C@H]1CCCN(Cn2nc(-c3cccs3)n(CC)c2=S)C1. The van der Waals surface area contributed by atoms with Gasteiger partial charge in [-0.1, -0.05) is 6.07 Å². The number of piperidine rings is 1. The van der Waals surface area contributed by atoms with E-state index in [2.05, 4.69) is 22.5 Å². The van der Waals surface area contributed by atoms with Crippen molar-refractivity contribution in [1.29, 1.82) is 0 Å². The number of carbonyl (C=O) groups excluding carboxylic acids is 1. The maximum absolute atomic E-state index is 12.0. The van der Waals surface area contributed by atoms with Crippen molar-refractivity contribution < 1.29 is 9.53 Å². The van der Waals surface area contributed by atoms with Crippen LogP contribution in [0.4, 0.5) is 0 Å². The molecule has 1 atom stereocenters. The Morgan fingerprint density at radius 3 is 3.00 bits per heavy atom. The minimum absolute atomic E-state index is 0.0482. The fraction of sp³-hybridized carbons (Fsp3) is 0.588. The summed E-state index contributed by atoms with van der Waals surface area (Å²) in [6.45, 7) is 7.42. The molecule has 0 amide bonds. The summed E-state index contributed by atoms with van der Waals surface area (Å²) in [7, 11) is 0. The third-order valence-electron chi connectivity index (χ3n) is 4.44. The van der Waals surface area contributed by atoms with E-state index in [-0.39, 0.29) is 11.9 Å². The third-order valence-corrected chi connectivity index (χ3v) is 5.74. The number of esters is 1. The number of ether oxygens (including phenoxy) is 1. The van der Waals surface area contributed by atoms with Gasteiger partial charge in [-0.05, 0) is 56.9 Å².